The van der Waals surface area contributed by atoms with E-state index in [1.165, 1.54) is 12.8 Å². The number of piperidine rings is 1. The number of amides is 1. The first-order valence-corrected chi connectivity index (χ1v) is 5.95. The summed E-state index contributed by atoms with van der Waals surface area (Å²) in [5.74, 6) is 0.287. The van der Waals surface area contributed by atoms with Crippen molar-refractivity contribution in [2.45, 2.75) is 37.8 Å². The van der Waals surface area contributed by atoms with Crippen molar-refractivity contribution < 1.29 is 4.79 Å². The van der Waals surface area contributed by atoms with E-state index in [0.717, 1.165) is 25.9 Å². The average Bonchev–Trinajstić information content (AvgIpc) is 2.60. The molecule has 2 fully saturated rings. The third-order valence-corrected chi connectivity index (χ3v) is 3.74. The largest absolute Gasteiger partial charge is 0.344 e. The first kappa shape index (κ1) is 10.9. The summed E-state index contributed by atoms with van der Waals surface area (Å²) < 4.78 is 0. The van der Waals surface area contributed by atoms with Gasteiger partial charge < -0.3 is 10.6 Å². The van der Waals surface area contributed by atoms with E-state index in [9.17, 15) is 4.79 Å². The highest BCUT2D eigenvalue weighted by molar-refractivity contribution is 5.83. The van der Waals surface area contributed by atoms with Crippen molar-refractivity contribution in [3.05, 3.63) is 0 Å². The van der Waals surface area contributed by atoms with Crippen molar-refractivity contribution in [2.24, 2.45) is 5.73 Å². The van der Waals surface area contributed by atoms with Gasteiger partial charge in [0.05, 0.1) is 6.04 Å². The SMILES string of the molecule is CN1CCC(N2CCCCC2CN)C1=O. The second-order valence-electron chi connectivity index (χ2n) is 4.69. The van der Waals surface area contributed by atoms with Gasteiger partial charge in [0.2, 0.25) is 5.91 Å². The van der Waals surface area contributed by atoms with E-state index in [2.05, 4.69) is 4.90 Å². The Morgan fingerprint density at radius 1 is 1.33 bits per heavy atom. The molecule has 2 N–H and O–H groups in total. The average molecular weight is 211 g/mol. The maximum Gasteiger partial charge on any atom is 0.239 e. The summed E-state index contributed by atoms with van der Waals surface area (Å²) in [7, 11) is 1.89. The van der Waals surface area contributed by atoms with Crippen LogP contribution in [0.2, 0.25) is 0 Å². The molecule has 2 heterocycles. The molecule has 1 amide bonds. The summed E-state index contributed by atoms with van der Waals surface area (Å²) in [4.78, 5) is 16.1. The van der Waals surface area contributed by atoms with Crippen molar-refractivity contribution in [2.75, 3.05) is 26.7 Å². The van der Waals surface area contributed by atoms with Crippen LogP contribution in [0.3, 0.4) is 0 Å². The fraction of sp³-hybridized carbons (Fsp3) is 0.909. The highest BCUT2D eigenvalue weighted by Crippen LogP contribution is 2.24. The normalized spacial score (nSPS) is 33.7. The van der Waals surface area contributed by atoms with Gasteiger partial charge in [0, 0.05) is 26.2 Å². The predicted octanol–water partition coefficient (Wildman–Crippen LogP) is 0.0303. The molecule has 0 bridgehead atoms. The van der Waals surface area contributed by atoms with Crippen LogP contribution >= 0.6 is 0 Å². The third kappa shape index (κ3) is 2.01. The van der Waals surface area contributed by atoms with Crippen LogP contribution in [0.5, 0.6) is 0 Å². The molecule has 2 rings (SSSR count). The summed E-state index contributed by atoms with van der Waals surface area (Å²) in [6.45, 7) is 2.64. The molecule has 86 valence electrons. The molecule has 0 aromatic carbocycles. The van der Waals surface area contributed by atoms with Crippen molar-refractivity contribution in [1.29, 1.82) is 0 Å². The number of likely N-dealkylation sites (N-methyl/N-ethyl adjacent to an activating group) is 1. The minimum atomic E-state index is 0.115. The molecule has 0 spiro atoms. The molecule has 0 aromatic heterocycles. The lowest BCUT2D eigenvalue weighted by Gasteiger charge is -2.38. The topological polar surface area (TPSA) is 49.6 Å². The minimum absolute atomic E-state index is 0.115. The lowest BCUT2D eigenvalue weighted by Crippen LogP contribution is -2.52. The zero-order valence-corrected chi connectivity index (χ0v) is 9.48. The number of likely N-dealkylation sites (tertiary alicyclic amines) is 2. The molecule has 4 nitrogen and oxygen atoms in total. The first-order chi connectivity index (χ1) is 7.24. The maximum atomic E-state index is 11.9. The Bertz CT molecular complexity index is 244. The van der Waals surface area contributed by atoms with E-state index in [-0.39, 0.29) is 11.9 Å². The van der Waals surface area contributed by atoms with Gasteiger partial charge in [-0.25, -0.2) is 0 Å². The second kappa shape index (κ2) is 4.49. The monoisotopic (exact) mass is 211 g/mol. The first-order valence-electron chi connectivity index (χ1n) is 5.95. The van der Waals surface area contributed by atoms with E-state index in [1.54, 1.807) is 0 Å². The predicted molar refractivity (Wildman–Crippen MR) is 59.4 cm³/mol. The quantitative estimate of drug-likeness (QED) is 0.701. The van der Waals surface area contributed by atoms with Crippen molar-refractivity contribution in [3.8, 4) is 0 Å². The molecule has 0 aromatic rings. The Balaban J connectivity index is 2.04. The zero-order chi connectivity index (χ0) is 10.8. The van der Waals surface area contributed by atoms with Crippen LogP contribution in [0.25, 0.3) is 0 Å². The Labute approximate surface area is 91.4 Å². The third-order valence-electron chi connectivity index (χ3n) is 3.74. The summed E-state index contributed by atoms with van der Waals surface area (Å²) in [6, 6.07) is 0.544. The molecule has 2 atom stereocenters. The fourth-order valence-corrected chi connectivity index (χ4v) is 2.80. The lowest BCUT2D eigenvalue weighted by molar-refractivity contribution is -0.132. The Morgan fingerprint density at radius 2 is 2.13 bits per heavy atom. The van der Waals surface area contributed by atoms with Gasteiger partial charge in [-0.05, 0) is 25.8 Å². The molecule has 2 saturated heterocycles. The van der Waals surface area contributed by atoms with Crippen LogP contribution in [0.15, 0.2) is 0 Å². The van der Waals surface area contributed by atoms with Gasteiger partial charge in [-0.2, -0.15) is 0 Å². The number of hydrogen-bond acceptors (Lipinski definition) is 3. The summed E-state index contributed by atoms with van der Waals surface area (Å²) >= 11 is 0. The van der Waals surface area contributed by atoms with Crippen molar-refractivity contribution in [3.63, 3.8) is 0 Å². The van der Waals surface area contributed by atoms with E-state index < -0.39 is 0 Å². The highest BCUT2D eigenvalue weighted by Gasteiger charge is 2.37. The number of rotatable bonds is 2. The second-order valence-corrected chi connectivity index (χ2v) is 4.69. The van der Waals surface area contributed by atoms with Crippen LogP contribution in [0.1, 0.15) is 25.7 Å². The standard InChI is InChI=1S/C11H21N3O/c1-13-7-5-10(11(13)15)14-6-3-2-4-9(14)8-12/h9-10H,2-8,12H2,1H3. The molecule has 15 heavy (non-hydrogen) atoms. The molecule has 0 radical (unpaired) electrons. The van der Waals surface area contributed by atoms with Gasteiger partial charge in [-0.15, -0.1) is 0 Å². The van der Waals surface area contributed by atoms with E-state index in [0.29, 0.717) is 12.6 Å². The lowest BCUT2D eigenvalue weighted by atomic mass is 9.99. The molecule has 4 heteroatoms. The number of nitrogens with zero attached hydrogens (tertiary/aromatic N) is 2. The van der Waals surface area contributed by atoms with Crippen molar-refractivity contribution >= 4 is 5.91 Å². The molecule has 0 saturated carbocycles. The van der Waals surface area contributed by atoms with Gasteiger partial charge in [0.1, 0.15) is 0 Å². The summed E-state index contributed by atoms with van der Waals surface area (Å²) in [5.41, 5.74) is 5.77. The summed E-state index contributed by atoms with van der Waals surface area (Å²) in [6.07, 6.45) is 4.61. The molecular formula is C11H21N3O. The van der Waals surface area contributed by atoms with Crippen LogP contribution in [0, 0.1) is 0 Å². The van der Waals surface area contributed by atoms with E-state index >= 15 is 0 Å². The van der Waals surface area contributed by atoms with Crippen molar-refractivity contribution in [1.82, 2.24) is 9.80 Å². The van der Waals surface area contributed by atoms with Gasteiger partial charge in [-0.1, -0.05) is 6.42 Å². The number of carbonyl (C=O) groups is 1. The zero-order valence-electron chi connectivity index (χ0n) is 9.48. The summed E-state index contributed by atoms with van der Waals surface area (Å²) in [5, 5.41) is 0. The Kier molecular flexibility index (Phi) is 3.26. The van der Waals surface area contributed by atoms with Gasteiger partial charge >= 0.3 is 0 Å². The van der Waals surface area contributed by atoms with E-state index in [4.69, 9.17) is 5.73 Å². The van der Waals surface area contributed by atoms with Gasteiger partial charge in [0.15, 0.2) is 0 Å². The number of hydrogen-bond donors (Lipinski definition) is 1. The molecule has 2 unspecified atom stereocenters. The van der Waals surface area contributed by atoms with E-state index in [1.807, 2.05) is 11.9 Å². The van der Waals surface area contributed by atoms with Crippen LogP contribution < -0.4 is 5.73 Å². The fourth-order valence-electron chi connectivity index (χ4n) is 2.80. The minimum Gasteiger partial charge on any atom is -0.344 e. The maximum absolute atomic E-state index is 11.9. The molecule has 2 aliphatic heterocycles. The van der Waals surface area contributed by atoms with Crippen LogP contribution in [-0.4, -0.2) is 54.5 Å². The molecule has 0 aliphatic carbocycles. The van der Waals surface area contributed by atoms with Gasteiger partial charge in [-0.3, -0.25) is 9.69 Å². The van der Waals surface area contributed by atoms with Gasteiger partial charge in [0.25, 0.3) is 0 Å². The molecular weight excluding hydrogens is 190 g/mol. The Morgan fingerprint density at radius 3 is 2.73 bits per heavy atom. The number of nitrogens with two attached hydrogens (primary N) is 1. The smallest absolute Gasteiger partial charge is 0.239 e. The highest BCUT2D eigenvalue weighted by atomic mass is 16.2. The van der Waals surface area contributed by atoms with Crippen LogP contribution in [0.4, 0.5) is 0 Å². The van der Waals surface area contributed by atoms with Crippen LogP contribution in [-0.2, 0) is 4.79 Å². The number of carbonyl (C=O) groups excluding carboxylic acids is 1. The Hall–Kier alpha value is -0.610. The molecule has 2 aliphatic rings.